The molecule has 3 nitrogen and oxygen atoms in total. The number of nitrogens with zero attached hydrogens (tertiary/aromatic N) is 1. The fourth-order valence-electron chi connectivity index (χ4n) is 1.81. The summed E-state index contributed by atoms with van der Waals surface area (Å²) < 4.78 is 33.0. The minimum atomic E-state index is -0.994. The molecule has 0 fully saturated rings. The van der Waals surface area contributed by atoms with Gasteiger partial charge in [0.15, 0.2) is 17.2 Å². The maximum Gasteiger partial charge on any atom is 0.230 e. The Morgan fingerprint density at radius 3 is 2.79 bits per heavy atom. The molecule has 0 aliphatic heterocycles. The Hall–Kier alpha value is -1.95. The van der Waals surface area contributed by atoms with Crippen molar-refractivity contribution in [1.29, 1.82) is 0 Å². The van der Waals surface area contributed by atoms with Gasteiger partial charge in [0.1, 0.15) is 5.52 Å². The van der Waals surface area contributed by atoms with Crippen LogP contribution in [0.25, 0.3) is 22.6 Å². The summed E-state index contributed by atoms with van der Waals surface area (Å²) in [5.74, 6) is -1.95. The van der Waals surface area contributed by atoms with E-state index in [9.17, 15) is 8.78 Å². The highest BCUT2D eigenvalue weighted by molar-refractivity contribution is 9.10. The first-order valence-electron chi connectivity index (χ1n) is 5.36. The number of hydrogen-bond donors (Lipinski definition) is 1. The molecular formula is C13H7BrF2N2O. The predicted octanol–water partition coefficient (Wildman–Crippen LogP) is 4.12. The van der Waals surface area contributed by atoms with E-state index in [0.29, 0.717) is 16.8 Å². The lowest BCUT2D eigenvalue weighted by Gasteiger charge is -1.98. The number of halogens is 3. The minimum Gasteiger partial charge on any atom is -0.434 e. The lowest BCUT2D eigenvalue weighted by molar-refractivity contribution is 0.505. The van der Waals surface area contributed by atoms with Gasteiger partial charge in [-0.3, -0.25) is 0 Å². The van der Waals surface area contributed by atoms with Crippen molar-refractivity contribution < 1.29 is 13.2 Å². The van der Waals surface area contributed by atoms with E-state index in [4.69, 9.17) is 10.2 Å². The quantitative estimate of drug-likeness (QED) is 0.685. The normalized spacial score (nSPS) is 11.1. The molecule has 0 saturated carbocycles. The number of anilines is 1. The number of oxazole rings is 1. The van der Waals surface area contributed by atoms with Crippen molar-refractivity contribution in [3.8, 4) is 11.5 Å². The minimum absolute atomic E-state index is 0.00296. The van der Waals surface area contributed by atoms with E-state index in [0.717, 1.165) is 10.5 Å². The molecule has 0 spiro atoms. The molecular weight excluding hydrogens is 318 g/mol. The first kappa shape index (κ1) is 12.1. The van der Waals surface area contributed by atoms with Gasteiger partial charge in [0, 0.05) is 4.47 Å². The van der Waals surface area contributed by atoms with Gasteiger partial charge >= 0.3 is 0 Å². The van der Waals surface area contributed by atoms with Crippen molar-refractivity contribution in [2.75, 3.05) is 5.73 Å². The number of aromatic nitrogens is 1. The summed E-state index contributed by atoms with van der Waals surface area (Å²) in [4.78, 5) is 4.12. The van der Waals surface area contributed by atoms with E-state index in [1.165, 1.54) is 12.1 Å². The van der Waals surface area contributed by atoms with E-state index >= 15 is 0 Å². The van der Waals surface area contributed by atoms with Gasteiger partial charge in [-0.15, -0.1) is 0 Å². The van der Waals surface area contributed by atoms with Gasteiger partial charge in [-0.1, -0.05) is 22.0 Å². The summed E-state index contributed by atoms with van der Waals surface area (Å²) in [7, 11) is 0. The molecule has 0 atom stereocenters. The molecule has 19 heavy (non-hydrogen) atoms. The first-order chi connectivity index (χ1) is 9.06. The SMILES string of the molecule is Nc1cc(Br)cc2nc(-c3cccc(F)c3F)oc12. The molecule has 96 valence electrons. The van der Waals surface area contributed by atoms with Gasteiger partial charge < -0.3 is 10.2 Å². The summed E-state index contributed by atoms with van der Waals surface area (Å²) in [5, 5.41) is 0. The second-order valence-electron chi connectivity index (χ2n) is 3.96. The summed E-state index contributed by atoms with van der Waals surface area (Å²) >= 11 is 3.28. The van der Waals surface area contributed by atoms with Gasteiger partial charge in [-0.2, -0.15) is 0 Å². The molecule has 1 aromatic heterocycles. The maximum absolute atomic E-state index is 13.7. The van der Waals surface area contributed by atoms with Crippen molar-refractivity contribution in [2.45, 2.75) is 0 Å². The van der Waals surface area contributed by atoms with E-state index < -0.39 is 11.6 Å². The number of rotatable bonds is 1. The number of benzene rings is 2. The van der Waals surface area contributed by atoms with Crippen molar-refractivity contribution >= 4 is 32.7 Å². The second-order valence-corrected chi connectivity index (χ2v) is 4.88. The van der Waals surface area contributed by atoms with Crippen LogP contribution in [0.1, 0.15) is 0 Å². The number of nitrogens with two attached hydrogens (primary N) is 1. The van der Waals surface area contributed by atoms with Gasteiger partial charge in [0.25, 0.3) is 0 Å². The van der Waals surface area contributed by atoms with E-state index in [2.05, 4.69) is 20.9 Å². The molecule has 0 aliphatic carbocycles. The zero-order chi connectivity index (χ0) is 13.6. The lowest BCUT2D eigenvalue weighted by atomic mass is 10.2. The van der Waals surface area contributed by atoms with Gasteiger partial charge in [0.05, 0.1) is 11.3 Å². The third-order valence-electron chi connectivity index (χ3n) is 2.67. The third kappa shape index (κ3) is 1.98. The van der Waals surface area contributed by atoms with Crippen molar-refractivity contribution in [3.63, 3.8) is 0 Å². The molecule has 0 aliphatic rings. The van der Waals surface area contributed by atoms with Crippen molar-refractivity contribution in [1.82, 2.24) is 4.98 Å². The Kier molecular flexibility index (Phi) is 2.74. The molecule has 0 unspecified atom stereocenters. The zero-order valence-electron chi connectivity index (χ0n) is 9.45. The molecule has 0 saturated heterocycles. The summed E-state index contributed by atoms with van der Waals surface area (Å²) in [5.41, 5.74) is 6.95. The zero-order valence-corrected chi connectivity index (χ0v) is 11.0. The number of fused-ring (bicyclic) bond motifs is 1. The Balaban J connectivity index is 2.26. The standard InChI is InChI=1S/C13H7BrF2N2O/c14-6-4-9(17)12-10(5-6)18-13(19-12)7-2-1-3-8(15)11(7)16/h1-5H,17H2. The van der Waals surface area contributed by atoms with Crippen LogP contribution in [0.5, 0.6) is 0 Å². The molecule has 6 heteroatoms. The van der Waals surface area contributed by atoms with Gasteiger partial charge in [0.2, 0.25) is 5.89 Å². The summed E-state index contributed by atoms with van der Waals surface area (Å²) in [6.07, 6.45) is 0. The average molecular weight is 325 g/mol. The van der Waals surface area contributed by atoms with Crippen molar-refractivity contribution in [3.05, 3.63) is 46.4 Å². The van der Waals surface area contributed by atoms with Crippen LogP contribution in [-0.4, -0.2) is 4.98 Å². The van der Waals surface area contributed by atoms with Crippen LogP contribution in [0.3, 0.4) is 0 Å². The molecule has 3 rings (SSSR count). The average Bonchev–Trinajstić information content (AvgIpc) is 2.76. The number of nitrogen functional groups attached to an aromatic ring is 1. The van der Waals surface area contributed by atoms with Crippen LogP contribution in [0.4, 0.5) is 14.5 Å². The fourth-order valence-corrected chi connectivity index (χ4v) is 2.27. The van der Waals surface area contributed by atoms with Crippen LogP contribution in [0, 0.1) is 11.6 Å². The Labute approximate surface area is 115 Å². The molecule has 0 bridgehead atoms. The van der Waals surface area contributed by atoms with E-state index in [-0.39, 0.29) is 11.5 Å². The molecule has 3 aromatic rings. The topological polar surface area (TPSA) is 52.0 Å². The van der Waals surface area contributed by atoms with E-state index in [1.807, 2.05) is 0 Å². The third-order valence-corrected chi connectivity index (χ3v) is 3.12. The van der Waals surface area contributed by atoms with Crippen molar-refractivity contribution in [2.24, 2.45) is 0 Å². The van der Waals surface area contributed by atoms with Crippen LogP contribution >= 0.6 is 15.9 Å². The van der Waals surface area contributed by atoms with E-state index in [1.54, 1.807) is 12.1 Å². The fraction of sp³-hybridized carbons (Fsp3) is 0. The highest BCUT2D eigenvalue weighted by Crippen LogP contribution is 2.32. The first-order valence-corrected chi connectivity index (χ1v) is 6.15. The highest BCUT2D eigenvalue weighted by Gasteiger charge is 2.16. The molecule has 2 N–H and O–H groups in total. The van der Waals surface area contributed by atoms with Crippen LogP contribution < -0.4 is 5.73 Å². The maximum atomic E-state index is 13.7. The molecule has 0 amide bonds. The summed E-state index contributed by atoms with van der Waals surface area (Å²) in [6.45, 7) is 0. The molecule has 1 heterocycles. The molecule has 0 radical (unpaired) electrons. The van der Waals surface area contributed by atoms with Gasteiger partial charge in [-0.05, 0) is 24.3 Å². The smallest absolute Gasteiger partial charge is 0.230 e. The largest absolute Gasteiger partial charge is 0.434 e. The number of hydrogen-bond acceptors (Lipinski definition) is 3. The highest BCUT2D eigenvalue weighted by atomic mass is 79.9. The Morgan fingerprint density at radius 1 is 1.21 bits per heavy atom. The summed E-state index contributed by atoms with van der Waals surface area (Å²) in [6, 6.07) is 7.16. The second kappa shape index (κ2) is 4.31. The van der Waals surface area contributed by atoms with Gasteiger partial charge in [-0.25, -0.2) is 13.8 Å². The Bertz CT molecular complexity index is 786. The van der Waals surface area contributed by atoms with Crippen LogP contribution in [0.15, 0.2) is 39.2 Å². The molecule has 2 aromatic carbocycles. The lowest BCUT2D eigenvalue weighted by Crippen LogP contribution is -1.88. The Morgan fingerprint density at radius 2 is 2.00 bits per heavy atom. The monoisotopic (exact) mass is 324 g/mol. The van der Waals surface area contributed by atoms with Crippen LogP contribution in [-0.2, 0) is 0 Å². The predicted molar refractivity (Wildman–Crippen MR) is 71.5 cm³/mol. The van der Waals surface area contributed by atoms with Crippen LogP contribution in [0.2, 0.25) is 0 Å².